The smallest absolute Gasteiger partial charge is 0.383 e. The van der Waals surface area contributed by atoms with Crippen LogP contribution in [-0.2, 0) is 0 Å². The average Bonchev–Trinajstić information content (AvgIpc) is 2.41. The van der Waals surface area contributed by atoms with Crippen LogP contribution >= 0.6 is 0 Å². The van der Waals surface area contributed by atoms with Crippen molar-refractivity contribution in [3.63, 3.8) is 0 Å². The number of likely N-dealkylation sites (tertiary alicyclic amines) is 1. The minimum atomic E-state index is -4.58. The second kappa shape index (κ2) is 7.87. The predicted octanol–water partition coefficient (Wildman–Crippen LogP) is 2.77. The van der Waals surface area contributed by atoms with Gasteiger partial charge in [0, 0.05) is 19.6 Å². The number of nitrogens with zero attached hydrogens (tertiary/aromatic N) is 1. The number of halogens is 3. The number of hydrogen-bond donors (Lipinski definition) is 2. The summed E-state index contributed by atoms with van der Waals surface area (Å²) < 4.78 is 37.3. The van der Waals surface area contributed by atoms with Crippen molar-refractivity contribution in [3.8, 4) is 0 Å². The molecule has 1 atom stereocenters. The molecule has 2 amide bonds. The van der Waals surface area contributed by atoms with Gasteiger partial charge in [-0.2, -0.15) is 13.2 Å². The zero-order chi connectivity index (χ0) is 16.0. The number of piperidine rings is 1. The Labute approximate surface area is 123 Å². The molecule has 124 valence electrons. The van der Waals surface area contributed by atoms with Gasteiger partial charge in [-0.25, -0.2) is 4.79 Å². The summed E-state index contributed by atoms with van der Waals surface area (Å²) in [5, 5.41) is 12.0. The SMILES string of the molecule is CC(C)CCCNC(=O)N1CCC(C(O)C(F)(F)F)CC1. The Hall–Kier alpha value is -0.980. The van der Waals surface area contributed by atoms with Crippen molar-refractivity contribution >= 4 is 6.03 Å². The standard InChI is InChI=1S/C14H25F3N2O2/c1-10(2)4-3-7-18-13(21)19-8-5-11(6-9-19)12(20)14(15,16)17/h10-12,20H,3-9H2,1-2H3,(H,18,21). The molecule has 1 heterocycles. The van der Waals surface area contributed by atoms with Crippen LogP contribution in [0.4, 0.5) is 18.0 Å². The van der Waals surface area contributed by atoms with E-state index in [1.54, 1.807) is 0 Å². The molecule has 0 aromatic carbocycles. The van der Waals surface area contributed by atoms with Crippen LogP contribution in [0.5, 0.6) is 0 Å². The Morgan fingerprint density at radius 1 is 1.33 bits per heavy atom. The Balaban J connectivity index is 2.27. The van der Waals surface area contributed by atoms with E-state index in [9.17, 15) is 23.1 Å². The maximum atomic E-state index is 12.4. The molecule has 21 heavy (non-hydrogen) atoms. The first-order valence-electron chi connectivity index (χ1n) is 7.49. The minimum absolute atomic E-state index is 0.181. The molecule has 1 unspecified atom stereocenters. The normalized spacial score (nSPS) is 18.9. The first kappa shape index (κ1) is 18.1. The van der Waals surface area contributed by atoms with Gasteiger partial charge in [-0.3, -0.25) is 0 Å². The van der Waals surface area contributed by atoms with E-state index in [1.165, 1.54) is 4.90 Å². The lowest BCUT2D eigenvalue weighted by Gasteiger charge is -2.34. The molecular formula is C14H25F3N2O2. The Morgan fingerprint density at radius 3 is 2.38 bits per heavy atom. The third-order valence-electron chi connectivity index (χ3n) is 3.84. The van der Waals surface area contributed by atoms with E-state index >= 15 is 0 Å². The fourth-order valence-electron chi connectivity index (χ4n) is 2.50. The van der Waals surface area contributed by atoms with E-state index in [2.05, 4.69) is 19.2 Å². The van der Waals surface area contributed by atoms with Crippen LogP contribution in [-0.4, -0.2) is 48.0 Å². The number of rotatable bonds is 5. The molecule has 1 aliphatic rings. The molecule has 0 spiro atoms. The van der Waals surface area contributed by atoms with Crippen LogP contribution in [0.1, 0.15) is 39.5 Å². The molecule has 1 saturated heterocycles. The van der Waals surface area contributed by atoms with Crippen LogP contribution in [0.3, 0.4) is 0 Å². The second-order valence-electron chi connectivity index (χ2n) is 6.08. The van der Waals surface area contributed by atoms with Gasteiger partial charge in [-0.15, -0.1) is 0 Å². The third kappa shape index (κ3) is 6.11. The van der Waals surface area contributed by atoms with Gasteiger partial charge in [0.2, 0.25) is 0 Å². The largest absolute Gasteiger partial charge is 0.414 e. The van der Waals surface area contributed by atoms with Crippen molar-refractivity contribution in [1.29, 1.82) is 0 Å². The minimum Gasteiger partial charge on any atom is -0.383 e. The zero-order valence-electron chi connectivity index (χ0n) is 12.6. The third-order valence-corrected chi connectivity index (χ3v) is 3.84. The second-order valence-corrected chi connectivity index (χ2v) is 6.08. The van der Waals surface area contributed by atoms with Gasteiger partial charge in [0.25, 0.3) is 0 Å². The molecule has 0 aromatic rings. The lowest BCUT2D eigenvalue weighted by Crippen LogP contribution is -2.48. The predicted molar refractivity (Wildman–Crippen MR) is 73.8 cm³/mol. The molecule has 0 saturated carbocycles. The molecule has 1 aliphatic heterocycles. The summed E-state index contributed by atoms with van der Waals surface area (Å²) in [4.78, 5) is 13.4. The molecule has 4 nitrogen and oxygen atoms in total. The van der Waals surface area contributed by atoms with E-state index in [0.717, 1.165) is 12.8 Å². The molecule has 0 aromatic heterocycles. The number of carbonyl (C=O) groups is 1. The van der Waals surface area contributed by atoms with E-state index in [4.69, 9.17) is 0 Å². The highest BCUT2D eigenvalue weighted by molar-refractivity contribution is 5.74. The van der Waals surface area contributed by atoms with Gasteiger partial charge in [-0.05, 0) is 37.5 Å². The molecule has 0 aliphatic carbocycles. The zero-order valence-corrected chi connectivity index (χ0v) is 12.6. The lowest BCUT2D eigenvalue weighted by atomic mass is 9.91. The van der Waals surface area contributed by atoms with E-state index in [-0.39, 0.29) is 32.0 Å². The fourth-order valence-corrected chi connectivity index (χ4v) is 2.50. The molecular weight excluding hydrogens is 285 g/mol. The van der Waals surface area contributed by atoms with Gasteiger partial charge in [-0.1, -0.05) is 13.8 Å². The molecule has 7 heteroatoms. The molecule has 2 N–H and O–H groups in total. The quantitative estimate of drug-likeness (QED) is 0.767. The highest BCUT2D eigenvalue weighted by Gasteiger charge is 2.44. The number of hydrogen-bond acceptors (Lipinski definition) is 2. The number of aliphatic hydroxyl groups excluding tert-OH is 1. The highest BCUT2D eigenvalue weighted by atomic mass is 19.4. The number of alkyl halides is 3. The van der Waals surface area contributed by atoms with Crippen molar-refractivity contribution in [2.75, 3.05) is 19.6 Å². The molecule has 0 bridgehead atoms. The van der Waals surface area contributed by atoms with Crippen molar-refractivity contribution < 1.29 is 23.1 Å². The summed E-state index contributed by atoms with van der Waals surface area (Å²) in [6, 6.07) is -0.223. The molecule has 0 radical (unpaired) electrons. The van der Waals surface area contributed by atoms with Crippen molar-refractivity contribution in [3.05, 3.63) is 0 Å². The summed E-state index contributed by atoms with van der Waals surface area (Å²) in [7, 11) is 0. The summed E-state index contributed by atoms with van der Waals surface area (Å²) >= 11 is 0. The molecule has 1 rings (SSSR count). The molecule has 1 fully saturated rings. The van der Waals surface area contributed by atoms with E-state index in [1.807, 2.05) is 0 Å². The first-order chi connectivity index (χ1) is 9.71. The van der Waals surface area contributed by atoms with Gasteiger partial charge in [0.1, 0.15) is 0 Å². The number of aliphatic hydroxyl groups is 1. The summed E-state index contributed by atoms with van der Waals surface area (Å²) in [6.07, 6.45) is -4.58. The fraction of sp³-hybridized carbons (Fsp3) is 0.929. The van der Waals surface area contributed by atoms with Crippen LogP contribution in [0.15, 0.2) is 0 Å². The van der Waals surface area contributed by atoms with Gasteiger partial charge < -0.3 is 15.3 Å². The van der Waals surface area contributed by atoms with Crippen molar-refractivity contribution in [1.82, 2.24) is 10.2 Å². The van der Waals surface area contributed by atoms with Crippen molar-refractivity contribution in [2.24, 2.45) is 11.8 Å². The highest BCUT2D eigenvalue weighted by Crippen LogP contribution is 2.31. The number of urea groups is 1. The number of nitrogens with one attached hydrogen (secondary N) is 1. The maximum absolute atomic E-state index is 12.4. The van der Waals surface area contributed by atoms with E-state index in [0.29, 0.717) is 12.5 Å². The lowest BCUT2D eigenvalue weighted by molar-refractivity contribution is -0.222. The van der Waals surface area contributed by atoms with Crippen LogP contribution in [0.2, 0.25) is 0 Å². The topological polar surface area (TPSA) is 52.6 Å². The van der Waals surface area contributed by atoms with Crippen molar-refractivity contribution in [2.45, 2.75) is 51.8 Å². The Bertz CT molecular complexity index is 327. The summed E-state index contributed by atoms with van der Waals surface area (Å²) in [5.74, 6) is -0.225. The maximum Gasteiger partial charge on any atom is 0.414 e. The van der Waals surface area contributed by atoms with Gasteiger partial charge >= 0.3 is 12.2 Å². The number of amides is 2. The average molecular weight is 310 g/mol. The Morgan fingerprint density at radius 2 is 1.90 bits per heavy atom. The summed E-state index contributed by atoms with van der Waals surface area (Å²) in [5.41, 5.74) is 0. The van der Waals surface area contributed by atoms with Gasteiger partial charge in [0.05, 0.1) is 0 Å². The number of carbonyl (C=O) groups excluding carboxylic acids is 1. The monoisotopic (exact) mass is 310 g/mol. The van der Waals surface area contributed by atoms with Crippen LogP contribution < -0.4 is 5.32 Å². The summed E-state index contributed by atoms with van der Waals surface area (Å²) in [6.45, 7) is 5.32. The van der Waals surface area contributed by atoms with Crippen LogP contribution in [0, 0.1) is 11.8 Å². The van der Waals surface area contributed by atoms with Gasteiger partial charge in [0.15, 0.2) is 6.10 Å². The Kier molecular flexibility index (Phi) is 6.77. The first-order valence-corrected chi connectivity index (χ1v) is 7.49. The van der Waals surface area contributed by atoms with E-state index < -0.39 is 18.2 Å². The van der Waals surface area contributed by atoms with Crippen LogP contribution in [0.25, 0.3) is 0 Å².